The molecular weight excluding hydrogens is 238 g/mol. The molecule has 0 radical (unpaired) electrons. The van der Waals surface area contributed by atoms with Crippen molar-refractivity contribution in [3.63, 3.8) is 0 Å². The molecule has 16 heavy (non-hydrogen) atoms. The molecule has 3 nitrogen and oxygen atoms in total. The van der Waals surface area contributed by atoms with E-state index < -0.39 is 0 Å². The average molecular weight is 255 g/mol. The largest absolute Gasteiger partial charge is 0.348 e. The maximum atomic E-state index is 5.83. The van der Waals surface area contributed by atoms with Crippen LogP contribution in [0.4, 0.5) is 5.69 Å². The minimum Gasteiger partial charge on any atom is -0.348 e. The number of benzene rings is 1. The summed E-state index contributed by atoms with van der Waals surface area (Å²) in [6, 6.07) is 8.25. The molecule has 1 unspecified atom stereocenters. The Morgan fingerprint density at radius 1 is 1.38 bits per heavy atom. The molecule has 1 aromatic rings. The van der Waals surface area contributed by atoms with Gasteiger partial charge in [0.15, 0.2) is 0 Å². The Morgan fingerprint density at radius 2 is 2.06 bits per heavy atom. The fourth-order valence-corrected chi connectivity index (χ4v) is 3.85. The van der Waals surface area contributed by atoms with Gasteiger partial charge in [-0.1, -0.05) is 23.9 Å². The first kappa shape index (κ1) is 12.1. The van der Waals surface area contributed by atoms with Crippen LogP contribution in [0.3, 0.4) is 0 Å². The van der Waals surface area contributed by atoms with Gasteiger partial charge in [0.1, 0.15) is 0 Å². The average Bonchev–Trinajstić information content (AvgIpc) is 2.53. The van der Waals surface area contributed by atoms with Crippen LogP contribution in [0.15, 0.2) is 29.2 Å². The van der Waals surface area contributed by atoms with Crippen molar-refractivity contribution in [2.75, 3.05) is 5.32 Å². The second kappa shape index (κ2) is 4.14. The SMILES string of the molecule is CC(C)(C)NC1(SN)Nc2ccccc2S1. The molecule has 0 fully saturated rings. The predicted molar refractivity (Wildman–Crippen MR) is 73.3 cm³/mol. The fourth-order valence-electron chi connectivity index (χ4n) is 1.65. The van der Waals surface area contributed by atoms with Gasteiger partial charge in [-0.3, -0.25) is 10.5 Å². The zero-order valence-corrected chi connectivity index (χ0v) is 11.3. The van der Waals surface area contributed by atoms with Crippen molar-refractivity contribution in [1.82, 2.24) is 5.32 Å². The van der Waals surface area contributed by atoms with E-state index in [0.717, 1.165) is 5.69 Å². The number of anilines is 1. The molecule has 0 spiro atoms. The van der Waals surface area contributed by atoms with E-state index in [1.165, 1.54) is 16.8 Å². The number of rotatable bonds is 2. The first-order valence-electron chi connectivity index (χ1n) is 5.18. The van der Waals surface area contributed by atoms with Crippen molar-refractivity contribution in [2.24, 2.45) is 5.14 Å². The van der Waals surface area contributed by atoms with E-state index in [1.807, 2.05) is 12.1 Å². The topological polar surface area (TPSA) is 50.1 Å². The van der Waals surface area contributed by atoms with Crippen LogP contribution < -0.4 is 15.8 Å². The molecule has 1 aliphatic rings. The van der Waals surface area contributed by atoms with Gasteiger partial charge in [-0.05, 0) is 44.9 Å². The van der Waals surface area contributed by atoms with Crippen molar-refractivity contribution in [2.45, 2.75) is 35.5 Å². The summed E-state index contributed by atoms with van der Waals surface area (Å²) in [6.07, 6.45) is 0. The number of fused-ring (bicyclic) bond motifs is 1. The quantitative estimate of drug-likeness (QED) is 0.560. The molecule has 0 amide bonds. The summed E-state index contributed by atoms with van der Waals surface area (Å²) in [5.41, 5.74) is 1.15. The Kier molecular flexibility index (Phi) is 3.13. The smallest absolute Gasteiger partial charge is 0.204 e. The lowest BCUT2D eigenvalue weighted by Crippen LogP contribution is -2.53. The minimum atomic E-state index is -0.359. The lowest BCUT2D eigenvalue weighted by atomic mass is 10.1. The first-order chi connectivity index (χ1) is 7.44. The Balaban J connectivity index is 2.23. The molecule has 88 valence electrons. The van der Waals surface area contributed by atoms with Crippen molar-refractivity contribution >= 4 is 29.4 Å². The van der Waals surface area contributed by atoms with Gasteiger partial charge in [-0.25, -0.2) is 0 Å². The lowest BCUT2D eigenvalue weighted by Gasteiger charge is -2.35. The van der Waals surface area contributed by atoms with E-state index in [-0.39, 0.29) is 9.87 Å². The molecule has 0 bridgehead atoms. The minimum absolute atomic E-state index is 0.00835. The van der Waals surface area contributed by atoms with Crippen LogP contribution in [-0.4, -0.2) is 9.87 Å². The molecule has 0 aromatic heterocycles. The first-order valence-corrected chi connectivity index (χ1v) is 6.87. The Hall–Kier alpha value is -0.360. The van der Waals surface area contributed by atoms with Crippen molar-refractivity contribution in [3.8, 4) is 0 Å². The third-order valence-electron chi connectivity index (χ3n) is 2.15. The van der Waals surface area contributed by atoms with Gasteiger partial charge < -0.3 is 5.32 Å². The molecule has 0 aliphatic carbocycles. The number of hydrogen-bond acceptors (Lipinski definition) is 5. The molecular formula is C11H17N3S2. The summed E-state index contributed by atoms with van der Waals surface area (Å²) >= 11 is 3.03. The van der Waals surface area contributed by atoms with Gasteiger partial charge in [0.25, 0.3) is 0 Å². The van der Waals surface area contributed by atoms with Crippen molar-refractivity contribution < 1.29 is 0 Å². The third kappa shape index (κ3) is 2.48. The highest BCUT2D eigenvalue weighted by Gasteiger charge is 2.40. The van der Waals surface area contributed by atoms with E-state index in [4.69, 9.17) is 5.14 Å². The van der Waals surface area contributed by atoms with Crippen LogP contribution in [0.2, 0.25) is 0 Å². The highest BCUT2D eigenvalue weighted by molar-refractivity contribution is 8.17. The van der Waals surface area contributed by atoms with Gasteiger partial charge in [0.05, 0.1) is 5.69 Å². The van der Waals surface area contributed by atoms with Crippen LogP contribution in [0, 0.1) is 0 Å². The standard InChI is InChI=1S/C11H17N3S2/c1-10(2,3)14-11(16-12)13-8-6-4-5-7-9(8)15-11/h4-7,13-14H,12H2,1-3H3. The predicted octanol–water partition coefficient (Wildman–Crippen LogP) is 2.81. The molecule has 1 aromatic carbocycles. The summed E-state index contributed by atoms with van der Waals surface area (Å²) in [7, 11) is 0. The third-order valence-corrected chi connectivity index (χ3v) is 4.29. The van der Waals surface area contributed by atoms with E-state index in [0.29, 0.717) is 0 Å². The van der Waals surface area contributed by atoms with Gasteiger partial charge >= 0.3 is 0 Å². The van der Waals surface area contributed by atoms with Gasteiger partial charge in [0.2, 0.25) is 4.33 Å². The van der Waals surface area contributed by atoms with Crippen LogP contribution in [0.25, 0.3) is 0 Å². The normalized spacial score (nSPS) is 24.0. The highest BCUT2D eigenvalue weighted by Crippen LogP contribution is 2.48. The molecule has 1 heterocycles. The zero-order valence-electron chi connectivity index (χ0n) is 9.70. The summed E-state index contributed by atoms with van der Waals surface area (Å²) < 4.78 is -0.359. The fraction of sp³-hybridized carbons (Fsp3) is 0.455. The maximum Gasteiger partial charge on any atom is 0.204 e. The lowest BCUT2D eigenvalue weighted by molar-refractivity contribution is 0.414. The van der Waals surface area contributed by atoms with Crippen molar-refractivity contribution in [1.29, 1.82) is 0 Å². The van der Waals surface area contributed by atoms with Crippen molar-refractivity contribution in [3.05, 3.63) is 24.3 Å². The Bertz CT molecular complexity index is 362. The molecule has 1 atom stereocenters. The Morgan fingerprint density at radius 3 is 2.62 bits per heavy atom. The number of nitrogens with one attached hydrogen (secondary N) is 2. The molecule has 4 N–H and O–H groups in total. The maximum absolute atomic E-state index is 5.83. The second-order valence-electron chi connectivity index (χ2n) is 4.83. The van der Waals surface area contributed by atoms with Crippen LogP contribution >= 0.6 is 23.7 Å². The van der Waals surface area contributed by atoms with Gasteiger partial charge in [0, 0.05) is 10.4 Å². The molecule has 0 saturated carbocycles. The summed E-state index contributed by atoms with van der Waals surface area (Å²) in [5.74, 6) is 0. The zero-order chi connectivity index (χ0) is 11.8. The van der Waals surface area contributed by atoms with E-state index in [9.17, 15) is 0 Å². The summed E-state index contributed by atoms with van der Waals surface area (Å²) in [6.45, 7) is 6.41. The monoisotopic (exact) mass is 255 g/mol. The van der Waals surface area contributed by atoms with E-state index >= 15 is 0 Å². The number of hydrogen-bond donors (Lipinski definition) is 3. The molecule has 2 rings (SSSR count). The summed E-state index contributed by atoms with van der Waals surface area (Å²) in [4.78, 5) is 1.23. The van der Waals surface area contributed by atoms with Gasteiger partial charge in [-0.15, -0.1) is 0 Å². The van der Waals surface area contributed by atoms with E-state index in [2.05, 4.69) is 43.5 Å². The Labute approximate surface area is 105 Å². The van der Waals surface area contributed by atoms with Crippen LogP contribution in [-0.2, 0) is 0 Å². The van der Waals surface area contributed by atoms with Crippen LogP contribution in [0.5, 0.6) is 0 Å². The van der Waals surface area contributed by atoms with Gasteiger partial charge in [-0.2, -0.15) is 0 Å². The number of thioether (sulfide) groups is 1. The van der Waals surface area contributed by atoms with E-state index in [1.54, 1.807) is 11.8 Å². The molecule has 0 saturated heterocycles. The molecule has 1 aliphatic heterocycles. The second-order valence-corrected chi connectivity index (χ2v) is 7.20. The summed E-state index contributed by atoms with van der Waals surface area (Å²) in [5, 5.41) is 12.8. The molecule has 5 heteroatoms. The van der Waals surface area contributed by atoms with Crippen LogP contribution in [0.1, 0.15) is 20.8 Å². The number of nitrogens with two attached hydrogens (primary N) is 1. The highest BCUT2D eigenvalue weighted by atomic mass is 32.2. The number of para-hydroxylation sites is 1.